The first-order chi connectivity index (χ1) is 8.41. The van der Waals surface area contributed by atoms with E-state index < -0.39 is 4.92 Å². The zero-order valence-electron chi connectivity index (χ0n) is 10.5. The van der Waals surface area contributed by atoms with E-state index in [1.165, 1.54) is 10.9 Å². The second-order valence-corrected chi connectivity index (χ2v) is 4.33. The minimum absolute atomic E-state index is 0.0510. The Morgan fingerprint density at radius 2 is 1.83 bits per heavy atom. The summed E-state index contributed by atoms with van der Waals surface area (Å²) in [5, 5.41) is 14.8. The number of aryl methyl sites for hydroxylation is 3. The fourth-order valence-corrected chi connectivity index (χ4v) is 2.17. The van der Waals surface area contributed by atoms with Gasteiger partial charge in [0.1, 0.15) is 6.20 Å². The van der Waals surface area contributed by atoms with Crippen molar-refractivity contribution in [3.63, 3.8) is 0 Å². The highest BCUT2D eigenvalue weighted by molar-refractivity contribution is 5.59. The van der Waals surface area contributed by atoms with Crippen LogP contribution in [-0.2, 0) is 0 Å². The molecule has 18 heavy (non-hydrogen) atoms. The number of nitrogens with two attached hydrogens (primary N) is 1. The number of nitrogen functional groups attached to an aromatic ring is 1. The van der Waals surface area contributed by atoms with E-state index in [-0.39, 0.29) is 11.5 Å². The van der Waals surface area contributed by atoms with Crippen LogP contribution in [0.2, 0.25) is 0 Å². The Balaban J connectivity index is 2.67. The molecule has 0 saturated heterocycles. The monoisotopic (exact) mass is 246 g/mol. The summed E-state index contributed by atoms with van der Waals surface area (Å²) >= 11 is 0. The zero-order chi connectivity index (χ0) is 13.4. The van der Waals surface area contributed by atoms with Gasteiger partial charge < -0.3 is 5.73 Å². The van der Waals surface area contributed by atoms with Gasteiger partial charge in [-0.2, -0.15) is 5.10 Å². The number of hydrogen-bond acceptors (Lipinski definition) is 4. The summed E-state index contributed by atoms with van der Waals surface area (Å²) in [6, 6.07) is 3.99. The predicted octanol–water partition coefficient (Wildman–Crippen LogP) is 2.29. The maximum atomic E-state index is 10.8. The van der Waals surface area contributed by atoms with Crippen LogP contribution in [0, 0.1) is 30.9 Å². The van der Waals surface area contributed by atoms with Crippen LogP contribution in [0.1, 0.15) is 16.7 Å². The molecule has 0 bridgehead atoms. The standard InChI is InChI=1S/C12H14N4O2/c1-7-4-8(2)11(9(3)5-7)15-12(13)10(6-14-15)16(17)18/h4-6H,13H2,1-3H3. The van der Waals surface area contributed by atoms with Crippen LogP contribution >= 0.6 is 0 Å². The number of hydrogen-bond donors (Lipinski definition) is 1. The summed E-state index contributed by atoms with van der Waals surface area (Å²) in [5.41, 5.74) is 9.50. The van der Waals surface area contributed by atoms with E-state index in [1.807, 2.05) is 32.9 Å². The van der Waals surface area contributed by atoms with E-state index in [0.29, 0.717) is 0 Å². The summed E-state index contributed by atoms with van der Waals surface area (Å²) in [6.07, 6.45) is 1.17. The highest BCUT2D eigenvalue weighted by Gasteiger charge is 2.20. The summed E-state index contributed by atoms with van der Waals surface area (Å²) in [7, 11) is 0. The van der Waals surface area contributed by atoms with E-state index in [9.17, 15) is 10.1 Å². The number of aromatic nitrogens is 2. The molecule has 0 spiro atoms. The van der Waals surface area contributed by atoms with Crippen molar-refractivity contribution in [1.29, 1.82) is 0 Å². The van der Waals surface area contributed by atoms with Crippen molar-refractivity contribution in [1.82, 2.24) is 9.78 Å². The topological polar surface area (TPSA) is 87.0 Å². The normalized spacial score (nSPS) is 10.6. The molecule has 1 heterocycles. The minimum Gasteiger partial charge on any atom is -0.378 e. The maximum Gasteiger partial charge on any atom is 0.331 e. The van der Waals surface area contributed by atoms with Gasteiger partial charge in [-0.25, -0.2) is 4.68 Å². The second kappa shape index (κ2) is 4.14. The van der Waals surface area contributed by atoms with Crippen LogP contribution in [0.15, 0.2) is 18.3 Å². The molecule has 0 fully saturated rings. The fourth-order valence-electron chi connectivity index (χ4n) is 2.17. The molecular formula is C12H14N4O2. The van der Waals surface area contributed by atoms with Gasteiger partial charge in [-0.1, -0.05) is 17.7 Å². The van der Waals surface area contributed by atoms with E-state index in [4.69, 9.17) is 5.73 Å². The van der Waals surface area contributed by atoms with Gasteiger partial charge >= 0.3 is 5.69 Å². The van der Waals surface area contributed by atoms with Gasteiger partial charge in [0.25, 0.3) is 0 Å². The Hall–Kier alpha value is -2.37. The lowest BCUT2D eigenvalue weighted by Gasteiger charge is -2.12. The molecule has 0 saturated carbocycles. The Bertz CT molecular complexity index is 608. The summed E-state index contributed by atoms with van der Waals surface area (Å²) in [5.74, 6) is 0.0510. The molecule has 6 heteroatoms. The molecule has 0 radical (unpaired) electrons. The summed E-state index contributed by atoms with van der Waals surface area (Å²) in [4.78, 5) is 10.2. The van der Waals surface area contributed by atoms with Gasteiger partial charge in [0, 0.05) is 0 Å². The van der Waals surface area contributed by atoms with Gasteiger partial charge in [-0.05, 0) is 31.9 Å². The van der Waals surface area contributed by atoms with Crippen LogP contribution in [0.4, 0.5) is 11.5 Å². The first-order valence-corrected chi connectivity index (χ1v) is 5.48. The maximum absolute atomic E-state index is 10.8. The van der Waals surface area contributed by atoms with Crippen LogP contribution in [-0.4, -0.2) is 14.7 Å². The lowest BCUT2D eigenvalue weighted by molar-refractivity contribution is -0.383. The van der Waals surface area contributed by atoms with Crippen molar-refractivity contribution in [2.75, 3.05) is 5.73 Å². The predicted molar refractivity (Wildman–Crippen MR) is 68.8 cm³/mol. The fraction of sp³-hybridized carbons (Fsp3) is 0.250. The van der Waals surface area contributed by atoms with Crippen molar-refractivity contribution in [2.45, 2.75) is 20.8 Å². The summed E-state index contributed by atoms with van der Waals surface area (Å²) < 4.78 is 1.42. The molecule has 0 aliphatic rings. The number of nitro groups is 1. The molecule has 0 aliphatic carbocycles. The number of benzene rings is 1. The molecule has 2 rings (SSSR count). The molecule has 94 valence electrons. The van der Waals surface area contributed by atoms with Crippen molar-refractivity contribution >= 4 is 11.5 Å². The molecule has 6 nitrogen and oxygen atoms in total. The van der Waals surface area contributed by atoms with Crippen LogP contribution in [0.25, 0.3) is 5.69 Å². The van der Waals surface area contributed by atoms with Crippen molar-refractivity contribution in [3.05, 3.63) is 45.1 Å². The third kappa shape index (κ3) is 1.81. The minimum atomic E-state index is -0.530. The Labute approximate surface area is 104 Å². The molecular weight excluding hydrogens is 232 g/mol. The third-order valence-electron chi connectivity index (χ3n) is 2.83. The summed E-state index contributed by atoms with van der Waals surface area (Å²) in [6.45, 7) is 5.86. The third-order valence-corrected chi connectivity index (χ3v) is 2.83. The van der Waals surface area contributed by atoms with Crippen molar-refractivity contribution in [3.8, 4) is 5.69 Å². The van der Waals surface area contributed by atoms with Gasteiger partial charge in [-0.15, -0.1) is 0 Å². The van der Waals surface area contributed by atoms with Gasteiger partial charge in [0.2, 0.25) is 5.82 Å². The van der Waals surface area contributed by atoms with Crippen molar-refractivity contribution < 1.29 is 4.92 Å². The number of rotatable bonds is 2. The first kappa shape index (κ1) is 12.1. The zero-order valence-corrected chi connectivity index (χ0v) is 10.5. The van der Waals surface area contributed by atoms with E-state index in [0.717, 1.165) is 22.4 Å². The number of nitrogens with zero attached hydrogens (tertiary/aromatic N) is 3. The van der Waals surface area contributed by atoms with Crippen LogP contribution in [0.5, 0.6) is 0 Å². The smallest absolute Gasteiger partial charge is 0.331 e. The van der Waals surface area contributed by atoms with E-state index in [2.05, 4.69) is 5.10 Å². The second-order valence-electron chi connectivity index (χ2n) is 4.33. The highest BCUT2D eigenvalue weighted by Crippen LogP contribution is 2.27. The number of anilines is 1. The average molecular weight is 246 g/mol. The van der Waals surface area contributed by atoms with E-state index in [1.54, 1.807) is 0 Å². The van der Waals surface area contributed by atoms with Gasteiger partial charge in [-0.3, -0.25) is 10.1 Å². The molecule has 2 aromatic rings. The Kier molecular flexibility index (Phi) is 2.78. The largest absolute Gasteiger partial charge is 0.378 e. The molecule has 1 aromatic heterocycles. The SMILES string of the molecule is Cc1cc(C)c(-n2ncc([N+](=O)[O-])c2N)c(C)c1. The highest BCUT2D eigenvalue weighted by atomic mass is 16.6. The molecule has 0 aliphatic heterocycles. The van der Waals surface area contributed by atoms with Gasteiger partial charge in [0.05, 0.1) is 10.6 Å². The van der Waals surface area contributed by atoms with Crippen molar-refractivity contribution in [2.24, 2.45) is 0 Å². The quantitative estimate of drug-likeness (QED) is 0.650. The van der Waals surface area contributed by atoms with E-state index >= 15 is 0 Å². The average Bonchev–Trinajstić information content (AvgIpc) is 2.59. The molecule has 0 amide bonds. The molecule has 0 atom stereocenters. The molecule has 2 N–H and O–H groups in total. The molecule has 0 unspecified atom stereocenters. The van der Waals surface area contributed by atoms with Gasteiger partial charge in [0.15, 0.2) is 0 Å². The molecule has 1 aromatic carbocycles. The van der Waals surface area contributed by atoms with Crippen LogP contribution < -0.4 is 5.73 Å². The lowest BCUT2D eigenvalue weighted by atomic mass is 10.1. The lowest BCUT2D eigenvalue weighted by Crippen LogP contribution is -2.07. The van der Waals surface area contributed by atoms with Crippen LogP contribution in [0.3, 0.4) is 0 Å². The first-order valence-electron chi connectivity index (χ1n) is 5.48. The Morgan fingerprint density at radius 3 is 2.28 bits per heavy atom. The Morgan fingerprint density at radius 1 is 1.28 bits per heavy atom.